The fraction of sp³-hybridized carbons (Fsp3) is 0.600. The Kier molecular flexibility index (Phi) is 4.48. The van der Waals surface area contributed by atoms with Gasteiger partial charge in [0.05, 0.1) is 5.69 Å². The zero-order valence-electron chi connectivity index (χ0n) is 11.3. The molecule has 2 rings (SSSR count). The van der Waals surface area contributed by atoms with Crippen LogP contribution in [0.5, 0.6) is 0 Å². The molecule has 1 heterocycles. The van der Waals surface area contributed by atoms with Crippen LogP contribution in [0.15, 0.2) is 12.4 Å². The van der Waals surface area contributed by atoms with Crippen molar-refractivity contribution in [2.24, 2.45) is 5.92 Å². The van der Waals surface area contributed by atoms with Crippen LogP contribution in [-0.4, -0.2) is 21.7 Å². The Morgan fingerprint density at radius 3 is 2.89 bits per heavy atom. The van der Waals surface area contributed by atoms with Gasteiger partial charge >= 0.3 is 0 Å². The first kappa shape index (κ1) is 13.2. The van der Waals surface area contributed by atoms with Crippen molar-refractivity contribution < 1.29 is 5.11 Å². The second-order valence-electron chi connectivity index (χ2n) is 5.10. The van der Waals surface area contributed by atoms with Gasteiger partial charge in [0.1, 0.15) is 6.33 Å². The van der Waals surface area contributed by atoms with Gasteiger partial charge in [0, 0.05) is 17.9 Å². The summed E-state index contributed by atoms with van der Waals surface area (Å²) in [5, 5.41) is 9.33. The molecule has 0 aromatic carbocycles. The van der Waals surface area contributed by atoms with Gasteiger partial charge in [-0.25, -0.2) is 9.97 Å². The summed E-state index contributed by atoms with van der Waals surface area (Å²) in [6.07, 6.45) is 9.22. The van der Waals surface area contributed by atoms with E-state index in [1.165, 1.54) is 11.1 Å². The smallest absolute Gasteiger partial charge is 0.116 e. The summed E-state index contributed by atoms with van der Waals surface area (Å²) in [4.78, 5) is 8.65. The fourth-order valence-corrected chi connectivity index (χ4v) is 2.66. The SMILES string of the molecule is CCC[C@@H](CO)CCC1=CCc2c(C)ncnc21. The van der Waals surface area contributed by atoms with Crippen LogP contribution in [0.3, 0.4) is 0 Å². The van der Waals surface area contributed by atoms with Gasteiger partial charge < -0.3 is 5.11 Å². The van der Waals surface area contributed by atoms with Gasteiger partial charge in [-0.2, -0.15) is 0 Å². The normalized spacial score (nSPS) is 15.4. The van der Waals surface area contributed by atoms with Gasteiger partial charge in [0.15, 0.2) is 0 Å². The minimum atomic E-state index is 0.302. The lowest BCUT2D eigenvalue weighted by molar-refractivity contribution is 0.211. The minimum absolute atomic E-state index is 0.302. The van der Waals surface area contributed by atoms with E-state index in [-0.39, 0.29) is 0 Å². The van der Waals surface area contributed by atoms with Crippen molar-refractivity contribution in [1.82, 2.24) is 9.97 Å². The highest BCUT2D eigenvalue weighted by molar-refractivity contribution is 5.70. The molecule has 0 unspecified atom stereocenters. The van der Waals surface area contributed by atoms with Crippen LogP contribution >= 0.6 is 0 Å². The van der Waals surface area contributed by atoms with E-state index in [1.807, 2.05) is 6.92 Å². The number of hydrogen-bond acceptors (Lipinski definition) is 3. The molecule has 0 saturated carbocycles. The molecule has 1 N–H and O–H groups in total. The van der Waals surface area contributed by atoms with E-state index in [9.17, 15) is 5.11 Å². The maximum absolute atomic E-state index is 9.33. The predicted octanol–water partition coefficient (Wildman–Crippen LogP) is 2.91. The lowest BCUT2D eigenvalue weighted by Crippen LogP contribution is -2.06. The quantitative estimate of drug-likeness (QED) is 0.839. The summed E-state index contributed by atoms with van der Waals surface area (Å²) in [6, 6.07) is 0. The Hall–Kier alpha value is -1.22. The van der Waals surface area contributed by atoms with Crippen molar-refractivity contribution >= 4 is 5.57 Å². The number of hydrogen-bond donors (Lipinski definition) is 1. The van der Waals surface area contributed by atoms with Gasteiger partial charge in [-0.15, -0.1) is 0 Å². The van der Waals surface area contributed by atoms with E-state index in [0.29, 0.717) is 12.5 Å². The maximum Gasteiger partial charge on any atom is 0.116 e. The minimum Gasteiger partial charge on any atom is -0.396 e. The van der Waals surface area contributed by atoms with Gasteiger partial charge in [-0.3, -0.25) is 0 Å². The number of fused-ring (bicyclic) bond motifs is 1. The molecule has 1 atom stereocenters. The standard InChI is InChI=1S/C15H22N2O/c1-3-4-12(9-18)5-6-13-7-8-14-11(2)16-10-17-15(13)14/h7,10,12,18H,3-6,8-9H2,1-2H3/t12-/m1/s1. The zero-order chi connectivity index (χ0) is 13.0. The highest BCUT2D eigenvalue weighted by Gasteiger charge is 2.18. The van der Waals surface area contributed by atoms with Gasteiger partial charge in [0.25, 0.3) is 0 Å². The second kappa shape index (κ2) is 6.10. The summed E-state index contributed by atoms with van der Waals surface area (Å²) in [5.74, 6) is 0.433. The number of aliphatic hydroxyl groups excluding tert-OH is 1. The Labute approximate surface area is 109 Å². The average Bonchev–Trinajstić information content (AvgIpc) is 2.79. The summed E-state index contributed by atoms with van der Waals surface area (Å²) < 4.78 is 0. The van der Waals surface area contributed by atoms with Crippen molar-refractivity contribution in [2.45, 2.75) is 46.0 Å². The summed E-state index contributed by atoms with van der Waals surface area (Å²) in [6.45, 7) is 4.52. The maximum atomic E-state index is 9.33. The lowest BCUT2D eigenvalue weighted by atomic mass is 9.95. The first-order valence-corrected chi connectivity index (χ1v) is 6.87. The molecule has 0 spiro atoms. The van der Waals surface area contributed by atoms with Crippen LogP contribution in [0.1, 0.15) is 49.6 Å². The van der Waals surface area contributed by atoms with Gasteiger partial charge in [-0.1, -0.05) is 19.4 Å². The molecule has 1 aliphatic rings. The third kappa shape index (κ3) is 2.78. The van der Waals surface area contributed by atoms with Crippen molar-refractivity contribution in [3.63, 3.8) is 0 Å². The Bertz CT molecular complexity index is 440. The third-order valence-corrected chi connectivity index (χ3v) is 3.79. The molecule has 0 fully saturated rings. The molecule has 3 nitrogen and oxygen atoms in total. The van der Waals surface area contributed by atoms with Crippen molar-refractivity contribution in [2.75, 3.05) is 6.61 Å². The number of aliphatic hydroxyl groups is 1. The highest BCUT2D eigenvalue weighted by atomic mass is 16.3. The largest absolute Gasteiger partial charge is 0.396 e. The summed E-state index contributed by atoms with van der Waals surface area (Å²) >= 11 is 0. The molecule has 18 heavy (non-hydrogen) atoms. The van der Waals surface area contributed by atoms with Crippen molar-refractivity contribution in [1.29, 1.82) is 0 Å². The number of rotatable bonds is 6. The van der Waals surface area contributed by atoms with Crippen molar-refractivity contribution in [3.05, 3.63) is 29.4 Å². The van der Waals surface area contributed by atoms with Crippen LogP contribution in [-0.2, 0) is 6.42 Å². The molecule has 1 aromatic rings. The van der Waals surface area contributed by atoms with E-state index in [2.05, 4.69) is 23.0 Å². The van der Waals surface area contributed by atoms with Crippen molar-refractivity contribution in [3.8, 4) is 0 Å². The van der Waals surface area contributed by atoms with Crippen LogP contribution in [0, 0.1) is 12.8 Å². The molecular formula is C15H22N2O. The van der Waals surface area contributed by atoms with Gasteiger partial charge in [0.2, 0.25) is 0 Å². The Balaban J connectivity index is 1.99. The molecular weight excluding hydrogens is 224 g/mol. The van der Waals surface area contributed by atoms with Crippen LogP contribution in [0.4, 0.5) is 0 Å². The van der Waals surface area contributed by atoms with Crippen LogP contribution in [0.2, 0.25) is 0 Å². The monoisotopic (exact) mass is 246 g/mol. The predicted molar refractivity (Wildman–Crippen MR) is 73.2 cm³/mol. The molecule has 0 radical (unpaired) electrons. The average molecular weight is 246 g/mol. The van der Waals surface area contributed by atoms with Crippen LogP contribution in [0.25, 0.3) is 5.57 Å². The van der Waals surface area contributed by atoms with Crippen LogP contribution < -0.4 is 0 Å². The molecule has 98 valence electrons. The fourth-order valence-electron chi connectivity index (χ4n) is 2.66. The molecule has 0 saturated heterocycles. The molecule has 0 aliphatic heterocycles. The van der Waals surface area contributed by atoms with E-state index in [0.717, 1.165) is 43.5 Å². The topological polar surface area (TPSA) is 46.0 Å². The van der Waals surface area contributed by atoms with E-state index in [4.69, 9.17) is 0 Å². The summed E-state index contributed by atoms with van der Waals surface area (Å²) in [5.41, 5.74) is 4.85. The molecule has 3 heteroatoms. The molecule has 0 bridgehead atoms. The van der Waals surface area contributed by atoms with E-state index in [1.54, 1.807) is 6.33 Å². The highest BCUT2D eigenvalue weighted by Crippen LogP contribution is 2.31. The van der Waals surface area contributed by atoms with Gasteiger partial charge in [-0.05, 0) is 44.1 Å². The number of allylic oxidation sites excluding steroid dienone is 2. The Morgan fingerprint density at radius 1 is 1.33 bits per heavy atom. The number of aryl methyl sites for hydroxylation is 1. The summed E-state index contributed by atoms with van der Waals surface area (Å²) in [7, 11) is 0. The number of aromatic nitrogens is 2. The van der Waals surface area contributed by atoms with E-state index >= 15 is 0 Å². The molecule has 1 aliphatic carbocycles. The number of nitrogens with zero attached hydrogens (tertiary/aromatic N) is 2. The second-order valence-corrected chi connectivity index (χ2v) is 5.10. The lowest BCUT2D eigenvalue weighted by Gasteiger charge is -2.13. The first-order valence-electron chi connectivity index (χ1n) is 6.87. The first-order chi connectivity index (χ1) is 8.76. The van der Waals surface area contributed by atoms with E-state index < -0.39 is 0 Å². The Morgan fingerprint density at radius 2 is 2.17 bits per heavy atom. The zero-order valence-corrected chi connectivity index (χ0v) is 11.3. The third-order valence-electron chi connectivity index (χ3n) is 3.79. The molecule has 0 amide bonds. The molecule has 1 aromatic heterocycles.